The van der Waals surface area contributed by atoms with Crippen molar-refractivity contribution in [3.8, 4) is 6.07 Å². The lowest BCUT2D eigenvalue weighted by atomic mass is 10.1. The Morgan fingerprint density at radius 1 is 1.30 bits per heavy atom. The maximum absolute atomic E-state index is 9.92. The van der Waals surface area contributed by atoms with Crippen LogP contribution in [0.25, 0.3) is 5.57 Å². The Bertz CT molecular complexity index is 1160. The van der Waals surface area contributed by atoms with Crippen molar-refractivity contribution in [1.82, 2.24) is 15.3 Å². The highest BCUT2D eigenvalue weighted by atomic mass is 32.2. The standard InChI is InChI=1S/C26H28N6S/c1-5-7-11-20(6-2)14-15-28-26-30-23(22(17-27)25-29-19(3)18-33-25)16-24(31-26)32(4)21-12-9-8-10-13-21/h5-13,16,18,29H,2,14-15H2,1,3-4H3,(H,28,30,31)/b7-5-,20-11+,25-22-. The number of nitrogens with zero attached hydrogens (tertiary/aromatic N) is 4. The summed E-state index contributed by atoms with van der Waals surface area (Å²) >= 11 is 1.49. The van der Waals surface area contributed by atoms with Gasteiger partial charge in [0.05, 0.1) is 10.7 Å². The lowest BCUT2D eigenvalue weighted by Crippen LogP contribution is -2.15. The first-order chi connectivity index (χ1) is 16.0. The van der Waals surface area contributed by atoms with Gasteiger partial charge in [-0.05, 0) is 43.4 Å². The predicted molar refractivity (Wildman–Crippen MR) is 140 cm³/mol. The maximum atomic E-state index is 9.92. The molecule has 1 aromatic heterocycles. The number of aromatic nitrogens is 2. The zero-order valence-electron chi connectivity index (χ0n) is 19.2. The highest BCUT2D eigenvalue weighted by Crippen LogP contribution is 2.32. The Morgan fingerprint density at radius 3 is 2.73 bits per heavy atom. The Balaban J connectivity index is 1.94. The molecule has 3 rings (SSSR count). The van der Waals surface area contributed by atoms with Crippen LogP contribution in [-0.4, -0.2) is 23.6 Å². The Morgan fingerprint density at radius 2 is 2.09 bits per heavy atom. The molecule has 0 atom stereocenters. The summed E-state index contributed by atoms with van der Waals surface area (Å²) in [6, 6.07) is 14.1. The number of para-hydroxylation sites is 1. The summed E-state index contributed by atoms with van der Waals surface area (Å²) in [6.07, 6.45) is 8.64. The molecule has 0 saturated heterocycles. The summed E-state index contributed by atoms with van der Waals surface area (Å²) < 4.78 is 0. The number of rotatable bonds is 9. The van der Waals surface area contributed by atoms with Crippen LogP contribution in [0.2, 0.25) is 0 Å². The van der Waals surface area contributed by atoms with E-state index < -0.39 is 0 Å². The molecule has 1 aliphatic rings. The molecule has 0 radical (unpaired) electrons. The molecule has 168 valence electrons. The van der Waals surface area contributed by atoms with Gasteiger partial charge >= 0.3 is 0 Å². The minimum Gasteiger partial charge on any atom is -0.354 e. The molecule has 0 aliphatic carbocycles. The number of allylic oxidation sites excluding steroid dienone is 6. The van der Waals surface area contributed by atoms with Gasteiger partial charge in [0.15, 0.2) is 0 Å². The van der Waals surface area contributed by atoms with Gasteiger partial charge in [-0.1, -0.05) is 60.8 Å². The fourth-order valence-corrected chi connectivity index (χ4v) is 3.96. The van der Waals surface area contributed by atoms with Crippen molar-refractivity contribution in [3.63, 3.8) is 0 Å². The first kappa shape index (κ1) is 23.9. The fourth-order valence-electron chi connectivity index (χ4n) is 3.12. The van der Waals surface area contributed by atoms with E-state index in [1.807, 2.05) is 91.9 Å². The number of nitriles is 1. The SMILES string of the molecule is C=C/C(=C\C=C/C)CCNc1nc(/C(C#N)=C2/NC(C)=CS2)cc(N(C)c2ccccc2)n1. The maximum Gasteiger partial charge on any atom is 0.225 e. The summed E-state index contributed by atoms with van der Waals surface area (Å²) in [7, 11) is 1.95. The number of anilines is 3. The van der Waals surface area contributed by atoms with Gasteiger partial charge in [-0.15, -0.1) is 0 Å². The van der Waals surface area contributed by atoms with E-state index in [4.69, 9.17) is 4.98 Å². The summed E-state index contributed by atoms with van der Waals surface area (Å²) in [5, 5.41) is 19.2. The highest BCUT2D eigenvalue weighted by Gasteiger charge is 2.18. The Kier molecular flexibility index (Phi) is 8.50. The molecule has 2 N–H and O–H groups in total. The van der Waals surface area contributed by atoms with Crippen LogP contribution >= 0.6 is 11.8 Å². The van der Waals surface area contributed by atoms with Crippen LogP contribution in [0, 0.1) is 11.3 Å². The molecule has 7 heteroatoms. The number of benzene rings is 1. The van der Waals surface area contributed by atoms with Crippen LogP contribution < -0.4 is 15.5 Å². The van der Waals surface area contributed by atoms with Gasteiger partial charge in [0.1, 0.15) is 17.5 Å². The fraction of sp³-hybridized carbons (Fsp3) is 0.192. The quantitative estimate of drug-likeness (QED) is 0.347. The van der Waals surface area contributed by atoms with Crippen molar-refractivity contribution in [2.75, 3.05) is 23.8 Å². The van der Waals surface area contributed by atoms with E-state index in [0.717, 1.165) is 28.4 Å². The average Bonchev–Trinajstić information content (AvgIpc) is 3.27. The van der Waals surface area contributed by atoms with Crippen molar-refractivity contribution in [2.24, 2.45) is 0 Å². The van der Waals surface area contributed by atoms with E-state index in [9.17, 15) is 5.26 Å². The van der Waals surface area contributed by atoms with Crippen molar-refractivity contribution < 1.29 is 0 Å². The second-order valence-electron chi connectivity index (χ2n) is 7.34. The third-order valence-corrected chi connectivity index (χ3v) is 5.93. The minimum absolute atomic E-state index is 0.473. The van der Waals surface area contributed by atoms with Gasteiger partial charge in [0.2, 0.25) is 5.95 Å². The molecule has 6 nitrogen and oxygen atoms in total. The first-order valence-corrected chi connectivity index (χ1v) is 11.5. The third-order valence-electron chi connectivity index (χ3n) is 4.92. The van der Waals surface area contributed by atoms with Gasteiger partial charge in [-0.3, -0.25) is 0 Å². The van der Waals surface area contributed by atoms with E-state index >= 15 is 0 Å². The number of nitrogens with one attached hydrogen (secondary N) is 2. The van der Waals surface area contributed by atoms with E-state index in [0.29, 0.717) is 29.6 Å². The van der Waals surface area contributed by atoms with Gasteiger partial charge in [0, 0.05) is 31.0 Å². The normalized spacial score (nSPS) is 15.0. The van der Waals surface area contributed by atoms with Crippen LogP contribution in [0.15, 0.2) is 89.0 Å². The van der Waals surface area contributed by atoms with Crippen LogP contribution in [0.4, 0.5) is 17.5 Å². The molecular formula is C26H28N6S. The van der Waals surface area contributed by atoms with E-state index in [-0.39, 0.29) is 0 Å². The van der Waals surface area contributed by atoms with Crippen LogP contribution in [0.3, 0.4) is 0 Å². The second kappa shape index (κ2) is 11.7. The summed E-state index contributed by atoms with van der Waals surface area (Å²) in [5.74, 6) is 1.17. The molecule has 1 aromatic carbocycles. The minimum atomic E-state index is 0.473. The van der Waals surface area contributed by atoms with Gasteiger partial charge in [0.25, 0.3) is 0 Å². The van der Waals surface area contributed by atoms with Gasteiger partial charge in [-0.2, -0.15) is 10.2 Å². The molecule has 2 aromatic rings. The molecular weight excluding hydrogens is 428 g/mol. The van der Waals surface area contributed by atoms with Gasteiger partial charge in [-0.25, -0.2) is 4.98 Å². The van der Waals surface area contributed by atoms with E-state index in [1.54, 1.807) is 0 Å². The second-order valence-corrected chi connectivity index (χ2v) is 8.22. The largest absolute Gasteiger partial charge is 0.354 e. The smallest absolute Gasteiger partial charge is 0.225 e. The monoisotopic (exact) mass is 456 g/mol. The molecule has 2 heterocycles. The first-order valence-electron chi connectivity index (χ1n) is 10.7. The van der Waals surface area contributed by atoms with Gasteiger partial charge < -0.3 is 15.5 Å². The Labute approximate surface area is 200 Å². The number of hydrogen-bond acceptors (Lipinski definition) is 7. The summed E-state index contributed by atoms with van der Waals surface area (Å²) in [6.45, 7) is 8.47. The van der Waals surface area contributed by atoms with Crippen molar-refractivity contribution >= 4 is 34.8 Å². The zero-order chi connectivity index (χ0) is 23.6. The number of thioether (sulfide) groups is 1. The zero-order valence-corrected chi connectivity index (χ0v) is 20.0. The van der Waals surface area contributed by atoms with Crippen LogP contribution in [0.1, 0.15) is 26.0 Å². The summed E-state index contributed by atoms with van der Waals surface area (Å²) in [5.41, 5.74) is 4.17. The lowest BCUT2D eigenvalue weighted by Gasteiger charge is -2.20. The van der Waals surface area contributed by atoms with Crippen molar-refractivity contribution in [2.45, 2.75) is 20.3 Å². The molecule has 0 spiro atoms. The molecule has 1 aliphatic heterocycles. The van der Waals surface area contributed by atoms with E-state index in [2.05, 4.69) is 28.3 Å². The molecule has 0 bridgehead atoms. The average molecular weight is 457 g/mol. The van der Waals surface area contributed by atoms with E-state index in [1.165, 1.54) is 11.8 Å². The van der Waals surface area contributed by atoms with Crippen molar-refractivity contribution in [1.29, 1.82) is 5.26 Å². The Hall–Kier alpha value is -3.76. The molecule has 0 saturated carbocycles. The lowest BCUT2D eigenvalue weighted by molar-refractivity contribution is 0.975. The van der Waals surface area contributed by atoms with Crippen molar-refractivity contribution in [3.05, 3.63) is 94.7 Å². The molecule has 0 fully saturated rings. The third kappa shape index (κ3) is 6.37. The molecule has 0 unspecified atom stereocenters. The topological polar surface area (TPSA) is 76.9 Å². The molecule has 33 heavy (non-hydrogen) atoms. The molecule has 0 amide bonds. The number of hydrogen-bond donors (Lipinski definition) is 2. The highest BCUT2D eigenvalue weighted by molar-refractivity contribution is 8.06. The summed E-state index contributed by atoms with van der Waals surface area (Å²) in [4.78, 5) is 11.4. The predicted octanol–water partition coefficient (Wildman–Crippen LogP) is 6.12. The van der Waals surface area contributed by atoms with Crippen LogP contribution in [-0.2, 0) is 0 Å². The van der Waals surface area contributed by atoms with Crippen LogP contribution in [0.5, 0.6) is 0 Å².